The molecule has 10 nitrogen and oxygen atoms in total. The molecule has 1 aromatic carbocycles. The largest absolute Gasteiger partial charge is 0.454 e. The van der Waals surface area contributed by atoms with Crippen LogP contribution in [0.1, 0.15) is 25.0 Å². The first kappa shape index (κ1) is 21.2. The van der Waals surface area contributed by atoms with Crippen LogP contribution in [-0.2, 0) is 19.3 Å². The smallest absolute Gasteiger partial charge is 0.332 e. The normalized spacial score (nSPS) is 11.8. The molecule has 2 heterocycles. The third kappa shape index (κ3) is 5.54. The van der Waals surface area contributed by atoms with Gasteiger partial charge in [0.2, 0.25) is 0 Å². The summed E-state index contributed by atoms with van der Waals surface area (Å²) >= 11 is 0. The average Bonchev–Trinajstić information content (AvgIpc) is 3.26. The van der Waals surface area contributed by atoms with Gasteiger partial charge in [-0.1, -0.05) is 34.6 Å². The van der Waals surface area contributed by atoms with Crippen LogP contribution in [0.25, 0.3) is 22.8 Å². The molecule has 0 radical (unpaired) electrons. The Hall–Kier alpha value is -4.47. The molecule has 4 N–H and O–H groups in total. The molecule has 0 aliphatic heterocycles. The van der Waals surface area contributed by atoms with E-state index >= 15 is 0 Å². The lowest BCUT2D eigenvalue weighted by Gasteiger charge is -2.03. The Morgan fingerprint density at radius 2 is 1.35 bits per heavy atom. The van der Waals surface area contributed by atoms with E-state index in [4.69, 9.17) is 15.9 Å². The summed E-state index contributed by atoms with van der Waals surface area (Å²) in [7, 11) is 0. The van der Waals surface area contributed by atoms with E-state index in [1.54, 1.807) is 42.5 Å². The van der Waals surface area contributed by atoms with Crippen molar-refractivity contribution >= 4 is 23.6 Å². The number of rotatable bonds is 6. The van der Waals surface area contributed by atoms with Crippen LogP contribution in [0.15, 0.2) is 69.5 Å². The SMILES string of the molecule is CC(=O)O/N=C(\N)c1ccc(-c2ccc(-c3ccc(/C(N)=N/OC(C)=O)cn3)o2)cc1. The molecule has 0 aliphatic carbocycles. The first-order valence-corrected chi connectivity index (χ1v) is 9.03. The average molecular weight is 421 g/mol. The predicted molar refractivity (Wildman–Crippen MR) is 112 cm³/mol. The Labute approximate surface area is 177 Å². The van der Waals surface area contributed by atoms with E-state index in [0.717, 1.165) is 5.56 Å². The van der Waals surface area contributed by atoms with Crippen molar-refractivity contribution in [2.24, 2.45) is 21.8 Å². The molecule has 10 heteroatoms. The molecule has 0 unspecified atom stereocenters. The van der Waals surface area contributed by atoms with Crippen LogP contribution in [-0.4, -0.2) is 28.6 Å². The third-order valence-corrected chi connectivity index (χ3v) is 3.93. The predicted octanol–water partition coefficient (Wildman–Crippen LogP) is 2.38. The summed E-state index contributed by atoms with van der Waals surface area (Å²) in [6, 6.07) is 14.1. The molecule has 3 aromatic rings. The zero-order valence-electron chi connectivity index (χ0n) is 16.7. The number of hydrogen-bond donors (Lipinski definition) is 2. The number of hydrogen-bond acceptors (Lipinski definition) is 8. The van der Waals surface area contributed by atoms with Crippen LogP contribution >= 0.6 is 0 Å². The first-order valence-electron chi connectivity index (χ1n) is 9.03. The summed E-state index contributed by atoms with van der Waals surface area (Å²) in [5.41, 5.74) is 14.0. The monoisotopic (exact) mass is 421 g/mol. The molecule has 3 rings (SSSR count). The van der Waals surface area contributed by atoms with Crippen LogP contribution < -0.4 is 11.5 Å². The van der Waals surface area contributed by atoms with Crippen molar-refractivity contribution in [3.63, 3.8) is 0 Å². The van der Waals surface area contributed by atoms with E-state index in [9.17, 15) is 9.59 Å². The number of pyridine rings is 1. The molecular formula is C21H19N5O5. The molecule has 0 spiro atoms. The third-order valence-electron chi connectivity index (χ3n) is 3.93. The number of benzene rings is 1. The Kier molecular flexibility index (Phi) is 6.41. The Morgan fingerprint density at radius 1 is 0.806 bits per heavy atom. The minimum Gasteiger partial charge on any atom is -0.454 e. The second-order valence-corrected chi connectivity index (χ2v) is 6.29. The number of aromatic nitrogens is 1. The lowest BCUT2D eigenvalue weighted by Crippen LogP contribution is -2.14. The fourth-order valence-electron chi connectivity index (χ4n) is 2.46. The van der Waals surface area contributed by atoms with Gasteiger partial charge in [0.05, 0.1) is 0 Å². The van der Waals surface area contributed by atoms with Gasteiger partial charge >= 0.3 is 11.9 Å². The maximum Gasteiger partial charge on any atom is 0.332 e. The molecule has 158 valence electrons. The van der Waals surface area contributed by atoms with E-state index in [2.05, 4.69) is 25.0 Å². The van der Waals surface area contributed by atoms with E-state index in [1.807, 2.05) is 6.07 Å². The molecule has 0 saturated carbocycles. The number of nitrogens with zero attached hydrogens (tertiary/aromatic N) is 3. The second-order valence-electron chi connectivity index (χ2n) is 6.29. The van der Waals surface area contributed by atoms with E-state index in [0.29, 0.717) is 28.3 Å². The zero-order valence-corrected chi connectivity index (χ0v) is 16.7. The standard InChI is InChI=1S/C21H19N5O5/c1-12(27)30-25-20(22)15-5-3-14(4-6-15)18-9-10-19(29-18)17-8-7-16(11-24-17)21(23)26-31-13(2)28/h3-11H,1-2H3,(H2,22,25)(H2,23,26). The summed E-state index contributed by atoms with van der Waals surface area (Å²) in [5.74, 6) is 0.177. The number of oxime groups is 2. The molecule has 0 fully saturated rings. The van der Waals surface area contributed by atoms with Gasteiger partial charge in [0.15, 0.2) is 17.4 Å². The molecule has 0 bridgehead atoms. The Bertz CT molecular complexity index is 1060. The topological polar surface area (TPSA) is 155 Å². The van der Waals surface area contributed by atoms with Crippen LogP contribution in [0.4, 0.5) is 0 Å². The second kappa shape index (κ2) is 9.35. The highest BCUT2D eigenvalue weighted by atomic mass is 16.7. The molecule has 0 amide bonds. The molecule has 0 saturated heterocycles. The van der Waals surface area contributed by atoms with Crippen molar-refractivity contribution in [3.05, 3.63) is 65.9 Å². The maximum absolute atomic E-state index is 10.8. The van der Waals surface area contributed by atoms with Crippen molar-refractivity contribution in [1.29, 1.82) is 0 Å². The quantitative estimate of drug-likeness (QED) is 0.266. The van der Waals surface area contributed by atoms with Crippen molar-refractivity contribution in [3.8, 4) is 22.8 Å². The minimum atomic E-state index is -0.567. The van der Waals surface area contributed by atoms with Gasteiger partial charge < -0.3 is 25.6 Å². The van der Waals surface area contributed by atoms with Gasteiger partial charge in [0.25, 0.3) is 0 Å². The molecule has 0 atom stereocenters. The Morgan fingerprint density at radius 3 is 1.90 bits per heavy atom. The number of amidine groups is 2. The highest BCUT2D eigenvalue weighted by Crippen LogP contribution is 2.27. The van der Waals surface area contributed by atoms with Crippen LogP contribution in [0.5, 0.6) is 0 Å². The van der Waals surface area contributed by atoms with Crippen LogP contribution in [0.3, 0.4) is 0 Å². The van der Waals surface area contributed by atoms with E-state index < -0.39 is 11.9 Å². The lowest BCUT2D eigenvalue weighted by molar-refractivity contribution is -0.141. The first-order chi connectivity index (χ1) is 14.8. The van der Waals surface area contributed by atoms with Gasteiger partial charge in [-0.15, -0.1) is 0 Å². The molecule has 31 heavy (non-hydrogen) atoms. The fraction of sp³-hybridized carbons (Fsp3) is 0.0952. The summed E-state index contributed by atoms with van der Waals surface area (Å²) in [6.45, 7) is 2.47. The van der Waals surface area contributed by atoms with Crippen LogP contribution in [0, 0.1) is 0 Å². The fourth-order valence-corrected chi connectivity index (χ4v) is 2.46. The van der Waals surface area contributed by atoms with E-state index in [1.165, 1.54) is 20.0 Å². The summed E-state index contributed by atoms with van der Waals surface area (Å²) in [6.07, 6.45) is 1.50. The minimum absolute atomic E-state index is 0.0333. The number of carbonyl (C=O) groups excluding carboxylic acids is 2. The molecular weight excluding hydrogens is 402 g/mol. The lowest BCUT2D eigenvalue weighted by atomic mass is 10.1. The zero-order chi connectivity index (χ0) is 22.4. The van der Waals surface area contributed by atoms with Gasteiger partial charge in [-0.25, -0.2) is 9.59 Å². The van der Waals surface area contributed by atoms with Gasteiger partial charge in [-0.2, -0.15) is 0 Å². The molecule has 2 aromatic heterocycles. The Balaban J connectivity index is 1.74. The summed E-state index contributed by atoms with van der Waals surface area (Å²) < 4.78 is 5.89. The van der Waals surface area contributed by atoms with Crippen molar-refractivity contribution in [1.82, 2.24) is 4.98 Å². The number of furan rings is 1. The van der Waals surface area contributed by atoms with Gasteiger partial charge in [-0.05, 0) is 24.3 Å². The van der Waals surface area contributed by atoms with Crippen molar-refractivity contribution in [2.75, 3.05) is 0 Å². The number of carbonyl (C=O) groups is 2. The molecule has 0 aliphatic rings. The van der Waals surface area contributed by atoms with Crippen LogP contribution in [0.2, 0.25) is 0 Å². The van der Waals surface area contributed by atoms with Gasteiger partial charge in [0, 0.05) is 36.7 Å². The maximum atomic E-state index is 10.8. The van der Waals surface area contributed by atoms with Gasteiger partial charge in [-0.3, -0.25) is 4.98 Å². The summed E-state index contributed by atoms with van der Waals surface area (Å²) in [4.78, 5) is 35.0. The highest BCUT2D eigenvalue weighted by Gasteiger charge is 2.10. The van der Waals surface area contributed by atoms with E-state index in [-0.39, 0.29) is 11.7 Å². The highest BCUT2D eigenvalue weighted by molar-refractivity contribution is 5.98. The van der Waals surface area contributed by atoms with Crippen molar-refractivity contribution < 1.29 is 23.7 Å². The van der Waals surface area contributed by atoms with Crippen molar-refractivity contribution in [2.45, 2.75) is 13.8 Å². The summed E-state index contributed by atoms with van der Waals surface area (Å²) in [5, 5.41) is 7.07. The number of nitrogens with two attached hydrogens (primary N) is 2. The van der Waals surface area contributed by atoms with Gasteiger partial charge in [0.1, 0.15) is 11.5 Å².